The first kappa shape index (κ1) is 18.4. The second-order valence-electron chi connectivity index (χ2n) is 6.98. The number of imide groups is 1. The Morgan fingerprint density at radius 3 is 2.24 bits per heavy atom. The number of amides is 3. The fourth-order valence-corrected chi connectivity index (χ4v) is 2.30. The molecule has 0 aliphatic carbocycles. The van der Waals surface area contributed by atoms with E-state index in [-0.39, 0.29) is 5.56 Å². The number of rotatable bonds is 4. The Morgan fingerprint density at radius 2 is 1.76 bits per heavy atom. The van der Waals surface area contributed by atoms with E-state index < -0.39 is 41.6 Å². The predicted octanol–water partition coefficient (Wildman–Crippen LogP) is 1.70. The number of hydrogen-bond donors (Lipinski definition) is 2. The number of hydrogen-bond acceptors (Lipinski definition) is 5. The molecule has 1 saturated heterocycles. The molecule has 1 aromatic rings. The molecule has 0 aromatic heterocycles. The molecular weight excluding hydrogens is 328 g/mol. The summed E-state index contributed by atoms with van der Waals surface area (Å²) in [6.07, 6.45) is 0. The zero-order chi connectivity index (χ0) is 19.0. The van der Waals surface area contributed by atoms with Gasteiger partial charge in [-0.15, -0.1) is 0 Å². The molecule has 1 aliphatic rings. The monoisotopic (exact) mass is 348 g/mol. The molecule has 25 heavy (non-hydrogen) atoms. The van der Waals surface area contributed by atoms with Crippen LogP contribution in [0.1, 0.15) is 43.6 Å². The van der Waals surface area contributed by atoms with Crippen LogP contribution >= 0.6 is 0 Å². The molecule has 8 nitrogen and oxygen atoms in total. The van der Waals surface area contributed by atoms with Crippen molar-refractivity contribution in [2.24, 2.45) is 5.41 Å². The van der Waals surface area contributed by atoms with Gasteiger partial charge in [0.15, 0.2) is 6.73 Å². The maximum absolute atomic E-state index is 12.7. The summed E-state index contributed by atoms with van der Waals surface area (Å²) in [5.41, 5.74) is -1.61. The minimum atomic E-state index is -1.36. The SMILES string of the molecule is CC(C)(C)C(=O)OCN1C(=O)NC(C)(c2ccc(C(=O)O)cc2)C1=O. The number of nitrogens with zero attached hydrogens (tertiary/aromatic N) is 1. The fourth-order valence-electron chi connectivity index (χ4n) is 2.30. The summed E-state index contributed by atoms with van der Waals surface area (Å²) in [6.45, 7) is 6.01. The van der Waals surface area contributed by atoms with Crippen LogP contribution in [0.2, 0.25) is 0 Å². The third kappa shape index (κ3) is 3.47. The van der Waals surface area contributed by atoms with Gasteiger partial charge in [0.25, 0.3) is 5.91 Å². The molecule has 3 amide bonds. The molecule has 0 saturated carbocycles. The van der Waals surface area contributed by atoms with E-state index in [2.05, 4.69) is 5.32 Å². The summed E-state index contributed by atoms with van der Waals surface area (Å²) in [5.74, 6) is -2.20. The average molecular weight is 348 g/mol. The molecule has 0 spiro atoms. The lowest BCUT2D eigenvalue weighted by Crippen LogP contribution is -2.41. The third-order valence-corrected chi connectivity index (χ3v) is 3.92. The largest absolute Gasteiger partial charge is 0.478 e. The zero-order valence-corrected chi connectivity index (χ0v) is 14.5. The van der Waals surface area contributed by atoms with Crippen LogP contribution in [-0.2, 0) is 19.9 Å². The van der Waals surface area contributed by atoms with Crippen molar-refractivity contribution < 1.29 is 29.0 Å². The molecule has 2 rings (SSSR count). The molecule has 8 heteroatoms. The minimum Gasteiger partial charge on any atom is -0.478 e. The molecule has 1 unspecified atom stereocenters. The minimum absolute atomic E-state index is 0.0695. The molecule has 0 bridgehead atoms. The Labute approximate surface area is 144 Å². The van der Waals surface area contributed by atoms with Crippen LogP contribution in [-0.4, -0.2) is 40.6 Å². The topological polar surface area (TPSA) is 113 Å². The molecule has 1 aromatic carbocycles. The molecule has 0 radical (unpaired) electrons. The third-order valence-electron chi connectivity index (χ3n) is 3.92. The van der Waals surface area contributed by atoms with Crippen molar-refractivity contribution in [2.75, 3.05) is 6.73 Å². The van der Waals surface area contributed by atoms with Crippen LogP contribution < -0.4 is 5.32 Å². The van der Waals surface area contributed by atoms with Crippen LogP contribution in [0.3, 0.4) is 0 Å². The first-order valence-electron chi connectivity index (χ1n) is 7.62. The summed E-state index contributed by atoms with van der Waals surface area (Å²) >= 11 is 0. The van der Waals surface area contributed by atoms with Crippen molar-refractivity contribution in [1.29, 1.82) is 0 Å². The van der Waals surface area contributed by atoms with Gasteiger partial charge in [0.05, 0.1) is 11.0 Å². The normalized spacial score (nSPS) is 20.4. The molecule has 1 aliphatic heterocycles. The van der Waals surface area contributed by atoms with Gasteiger partial charge in [-0.3, -0.25) is 9.59 Å². The summed E-state index contributed by atoms with van der Waals surface area (Å²) in [6, 6.07) is 4.95. The van der Waals surface area contributed by atoms with E-state index in [1.807, 2.05) is 0 Å². The van der Waals surface area contributed by atoms with Crippen molar-refractivity contribution in [3.05, 3.63) is 35.4 Å². The number of ether oxygens (including phenoxy) is 1. The highest BCUT2D eigenvalue weighted by atomic mass is 16.5. The van der Waals surface area contributed by atoms with Crippen LogP contribution in [0.15, 0.2) is 24.3 Å². The van der Waals surface area contributed by atoms with Crippen LogP contribution in [0.25, 0.3) is 0 Å². The van der Waals surface area contributed by atoms with Gasteiger partial charge in [-0.25, -0.2) is 14.5 Å². The highest BCUT2D eigenvalue weighted by molar-refractivity contribution is 6.07. The number of benzene rings is 1. The molecule has 1 heterocycles. The standard InChI is InChI=1S/C17H20N2O6/c1-16(2,3)14(23)25-9-19-13(22)17(4,18-15(19)24)11-7-5-10(6-8-11)12(20)21/h5-8H,9H2,1-4H3,(H,18,24)(H,20,21). The second-order valence-corrected chi connectivity index (χ2v) is 6.98. The van der Waals surface area contributed by atoms with Crippen LogP contribution in [0.4, 0.5) is 4.79 Å². The van der Waals surface area contributed by atoms with E-state index in [0.717, 1.165) is 4.90 Å². The van der Waals surface area contributed by atoms with E-state index in [1.165, 1.54) is 31.2 Å². The van der Waals surface area contributed by atoms with Gasteiger partial charge in [-0.1, -0.05) is 12.1 Å². The van der Waals surface area contributed by atoms with Gasteiger partial charge < -0.3 is 15.2 Å². The maximum atomic E-state index is 12.7. The van der Waals surface area contributed by atoms with E-state index >= 15 is 0 Å². The lowest BCUT2D eigenvalue weighted by molar-refractivity contribution is -0.158. The molecule has 134 valence electrons. The highest BCUT2D eigenvalue weighted by Crippen LogP contribution is 2.29. The van der Waals surface area contributed by atoms with E-state index in [1.54, 1.807) is 20.8 Å². The smallest absolute Gasteiger partial charge is 0.335 e. The number of carboxylic acid groups (broad SMARTS) is 1. The fraction of sp³-hybridized carbons (Fsp3) is 0.412. The van der Waals surface area contributed by atoms with Crippen molar-refractivity contribution >= 4 is 23.9 Å². The Morgan fingerprint density at radius 1 is 1.20 bits per heavy atom. The number of esters is 1. The van der Waals surface area contributed by atoms with Crippen LogP contribution in [0.5, 0.6) is 0 Å². The van der Waals surface area contributed by atoms with Crippen molar-refractivity contribution in [3.63, 3.8) is 0 Å². The van der Waals surface area contributed by atoms with Crippen molar-refractivity contribution in [1.82, 2.24) is 10.2 Å². The Hall–Kier alpha value is -2.90. The Kier molecular flexibility index (Phi) is 4.57. The molecule has 1 atom stereocenters. The summed E-state index contributed by atoms with van der Waals surface area (Å²) in [5, 5.41) is 11.5. The first-order chi connectivity index (χ1) is 11.5. The van der Waals surface area contributed by atoms with Gasteiger partial charge in [-0.2, -0.15) is 0 Å². The van der Waals surface area contributed by atoms with Gasteiger partial charge in [0, 0.05) is 0 Å². The zero-order valence-electron chi connectivity index (χ0n) is 14.5. The highest BCUT2D eigenvalue weighted by Gasteiger charge is 2.49. The van der Waals surface area contributed by atoms with Gasteiger partial charge in [0.1, 0.15) is 5.54 Å². The first-order valence-corrected chi connectivity index (χ1v) is 7.62. The van der Waals surface area contributed by atoms with E-state index in [0.29, 0.717) is 5.56 Å². The Balaban J connectivity index is 2.18. The van der Waals surface area contributed by atoms with Gasteiger partial charge >= 0.3 is 18.0 Å². The number of carboxylic acids is 1. The van der Waals surface area contributed by atoms with Gasteiger partial charge in [-0.05, 0) is 45.4 Å². The number of aromatic carboxylic acids is 1. The van der Waals surface area contributed by atoms with E-state index in [9.17, 15) is 19.2 Å². The molecular formula is C17H20N2O6. The maximum Gasteiger partial charge on any atom is 0.335 e. The quantitative estimate of drug-likeness (QED) is 0.632. The summed E-state index contributed by atoms with van der Waals surface area (Å²) < 4.78 is 5.04. The van der Waals surface area contributed by atoms with Crippen LogP contribution in [0, 0.1) is 5.41 Å². The predicted molar refractivity (Wildman–Crippen MR) is 86.5 cm³/mol. The van der Waals surface area contributed by atoms with Gasteiger partial charge in [0.2, 0.25) is 0 Å². The number of carbonyl (C=O) groups is 4. The molecule has 1 fully saturated rings. The summed E-state index contributed by atoms with van der Waals surface area (Å²) in [4.78, 5) is 48.3. The van der Waals surface area contributed by atoms with Crippen molar-refractivity contribution in [3.8, 4) is 0 Å². The number of carbonyl (C=O) groups excluding carboxylic acids is 3. The Bertz CT molecular complexity index is 735. The number of nitrogens with one attached hydrogen (secondary N) is 1. The van der Waals surface area contributed by atoms with Crippen molar-refractivity contribution in [2.45, 2.75) is 33.2 Å². The molecule has 2 N–H and O–H groups in total. The second kappa shape index (κ2) is 6.19. The van der Waals surface area contributed by atoms with E-state index in [4.69, 9.17) is 9.84 Å². The lowest BCUT2D eigenvalue weighted by atomic mass is 9.91. The number of urea groups is 1. The average Bonchev–Trinajstić information content (AvgIpc) is 2.75. The lowest BCUT2D eigenvalue weighted by Gasteiger charge is -2.23. The summed E-state index contributed by atoms with van der Waals surface area (Å²) in [7, 11) is 0.